The van der Waals surface area contributed by atoms with Crippen LogP contribution < -0.4 is 4.57 Å². The summed E-state index contributed by atoms with van der Waals surface area (Å²) in [5.41, 5.74) is 5.56. The minimum Gasteiger partial charge on any atom is -0.437 e. The number of hydrogen-bond donors (Lipinski definition) is 0. The van der Waals surface area contributed by atoms with Gasteiger partial charge in [-0.05, 0) is 49.2 Å². The van der Waals surface area contributed by atoms with Gasteiger partial charge in [0.2, 0.25) is 17.4 Å². The Kier molecular flexibility index (Phi) is 4.10. The number of rotatable bonds is 2. The van der Waals surface area contributed by atoms with E-state index in [1.807, 2.05) is 62.1 Å². The van der Waals surface area contributed by atoms with Crippen LogP contribution in [0.3, 0.4) is 0 Å². The first-order valence-corrected chi connectivity index (χ1v) is 9.53. The Morgan fingerprint density at radius 1 is 1.00 bits per heavy atom. The molecule has 0 saturated carbocycles. The molecule has 0 atom stereocenters. The third-order valence-electron chi connectivity index (χ3n) is 5.34. The highest BCUT2D eigenvalue weighted by molar-refractivity contribution is 6.09. The second kappa shape index (κ2) is 6.69. The van der Waals surface area contributed by atoms with E-state index >= 15 is 0 Å². The minimum absolute atomic E-state index is 0.0785. The van der Waals surface area contributed by atoms with Gasteiger partial charge in [-0.25, -0.2) is 8.96 Å². The van der Waals surface area contributed by atoms with Crippen molar-refractivity contribution in [3.8, 4) is 22.5 Å². The molecule has 148 valence electrons. The molecule has 4 aromatic heterocycles. The molecule has 0 aliphatic heterocycles. The first-order valence-electron chi connectivity index (χ1n) is 9.53. The Balaban J connectivity index is 1.82. The Morgan fingerprint density at radius 3 is 2.60 bits per heavy atom. The first kappa shape index (κ1) is 18.4. The number of benzene rings is 1. The van der Waals surface area contributed by atoms with E-state index in [0.717, 1.165) is 28.1 Å². The van der Waals surface area contributed by atoms with Crippen molar-refractivity contribution in [2.24, 2.45) is 7.05 Å². The standard InChI is InChI=1S/C24H18F2N3O/c1-13-4-6-18(27-12-13)15-8-9-29(3)19(11-15)21-14(2)10-17(25)22-16-5-7-20(26)28-24(16)30-23(21)22/h4-12H,1-3H3/q+1. The monoisotopic (exact) mass is 402 g/mol. The zero-order valence-corrected chi connectivity index (χ0v) is 16.7. The van der Waals surface area contributed by atoms with Crippen LogP contribution in [0.2, 0.25) is 0 Å². The molecule has 0 unspecified atom stereocenters. The molecule has 5 aromatic rings. The molecule has 0 saturated heterocycles. The second-order valence-electron chi connectivity index (χ2n) is 7.48. The SMILES string of the molecule is Cc1ccc(-c2cc[n+](C)c(-c3c(C)cc(F)c4c3oc3nc(F)ccc34)c2)nc1. The summed E-state index contributed by atoms with van der Waals surface area (Å²) >= 11 is 0. The number of pyridine rings is 3. The molecule has 0 aliphatic rings. The fourth-order valence-corrected chi connectivity index (χ4v) is 3.82. The van der Waals surface area contributed by atoms with Crippen LogP contribution in [-0.2, 0) is 7.05 Å². The van der Waals surface area contributed by atoms with Crippen molar-refractivity contribution in [2.75, 3.05) is 0 Å². The van der Waals surface area contributed by atoms with Crippen LogP contribution in [0.5, 0.6) is 0 Å². The maximum Gasteiger partial charge on any atom is 0.230 e. The average Bonchev–Trinajstić information content (AvgIpc) is 3.08. The Hall–Kier alpha value is -3.67. The predicted molar refractivity (Wildman–Crippen MR) is 111 cm³/mol. The van der Waals surface area contributed by atoms with Gasteiger partial charge in [-0.2, -0.15) is 9.37 Å². The van der Waals surface area contributed by atoms with E-state index in [-0.39, 0.29) is 5.71 Å². The van der Waals surface area contributed by atoms with Gasteiger partial charge < -0.3 is 4.42 Å². The van der Waals surface area contributed by atoms with Gasteiger partial charge in [0.1, 0.15) is 12.9 Å². The lowest BCUT2D eigenvalue weighted by Gasteiger charge is -2.08. The van der Waals surface area contributed by atoms with Crippen molar-refractivity contribution < 1.29 is 17.8 Å². The molecule has 0 fully saturated rings. The molecule has 6 heteroatoms. The fraction of sp³-hybridized carbons (Fsp3) is 0.125. The Labute approximate surface area is 171 Å². The van der Waals surface area contributed by atoms with E-state index in [2.05, 4.69) is 9.97 Å². The maximum atomic E-state index is 14.9. The quantitative estimate of drug-likeness (QED) is 0.292. The summed E-state index contributed by atoms with van der Waals surface area (Å²) in [5.74, 6) is -1.09. The van der Waals surface area contributed by atoms with E-state index in [1.165, 1.54) is 18.2 Å². The van der Waals surface area contributed by atoms with Gasteiger partial charge in [0.05, 0.1) is 22.0 Å². The molecule has 1 aromatic carbocycles. The number of hydrogen-bond acceptors (Lipinski definition) is 3. The molecule has 5 rings (SSSR count). The third kappa shape index (κ3) is 2.84. The summed E-state index contributed by atoms with van der Waals surface area (Å²) in [6, 6.07) is 12.1. The lowest BCUT2D eigenvalue weighted by Crippen LogP contribution is -2.30. The van der Waals surface area contributed by atoms with E-state index in [4.69, 9.17) is 4.42 Å². The van der Waals surface area contributed by atoms with Gasteiger partial charge in [0.25, 0.3) is 0 Å². The summed E-state index contributed by atoms with van der Waals surface area (Å²) < 4.78 is 36.3. The van der Waals surface area contributed by atoms with Gasteiger partial charge in [-0.3, -0.25) is 4.98 Å². The van der Waals surface area contributed by atoms with Crippen molar-refractivity contribution in [1.82, 2.24) is 9.97 Å². The zero-order chi connectivity index (χ0) is 21.0. The van der Waals surface area contributed by atoms with Crippen molar-refractivity contribution in [2.45, 2.75) is 13.8 Å². The van der Waals surface area contributed by atoms with E-state index in [1.54, 1.807) is 0 Å². The molecule has 0 amide bonds. The summed E-state index contributed by atoms with van der Waals surface area (Å²) in [4.78, 5) is 8.31. The number of furan rings is 1. The molecule has 0 N–H and O–H groups in total. The minimum atomic E-state index is -0.668. The lowest BCUT2D eigenvalue weighted by molar-refractivity contribution is -0.660. The summed E-state index contributed by atoms with van der Waals surface area (Å²) in [6.45, 7) is 3.82. The largest absolute Gasteiger partial charge is 0.437 e. The molecular weight excluding hydrogens is 384 g/mol. The van der Waals surface area contributed by atoms with Crippen molar-refractivity contribution in [3.63, 3.8) is 0 Å². The topological polar surface area (TPSA) is 42.8 Å². The molecule has 4 heterocycles. The molecule has 0 aliphatic carbocycles. The average molecular weight is 402 g/mol. The van der Waals surface area contributed by atoms with Crippen LogP contribution in [0, 0.1) is 25.6 Å². The van der Waals surface area contributed by atoms with Crippen LogP contribution in [0.25, 0.3) is 44.6 Å². The van der Waals surface area contributed by atoms with Crippen molar-refractivity contribution >= 4 is 22.1 Å². The number of aryl methyl sites for hydroxylation is 3. The van der Waals surface area contributed by atoms with Gasteiger partial charge >= 0.3 is 0 Å². The Morgan fingerprint density at radius 2 is 1.83 bits per heavy atom. The van der Waals surface area contributed by atoms with Crippen molar-refractivity contribution in [1.29, 1.82) is 0 Å². The Bertz CT molecular complexity index is 1440. The normalized spacial score (nSPS) is 11.5. The highest BCUT2D eigenvalue weighted by Crippen LogP contribution is 2.38. The highest BCUT2D eigenvalue weighted by Gasteiger charge is 2.24. The van der Waals surface area contributed by atoms with Gasteiger partial charge in [0.15, 0.2) is 11.8 Å². The van der Waals surface area contributed by atoms with Crippen LogP contribution in [0.15, 0.2) is 59.3 Å². The maximum absolute atomic E-state index is 14.9. The van der Waals surface area contributed by atoms with Crippen LogP contribution >= 0.6 is 0 Å². The van der Waals surface area contributed by atoms with E-state index < -0.39 is 11.8 Å². The van der Waals surface area contributed by atoms with Crippen LogP contribution in [0.4, 0.5) is 8.78 Å². The molecule has 0 radical (unpaired) electrons. The summed E-state index contributed by atoms with van der Waals surface area (Å²) in [5, 5.41) is 0.751. The number of halogens is 2. The van der Waals surface area contributed by atoms with E-state index in [0.29, 0.717) is 21.9 Å². The predicted octanol–water partition coefficient (Wildman–Crippen LogP) is 5.43. The van der Waals surface area contributed by atoms with Crippen LogP contribution in [-0.4, -0.2) is 9.97 Å². The van der Waals surface area contributed by atoms with Gasteiger partial charge in [-0.1, -0.05) is 6.07 Å². The summed E-state index contributed by atoms with van der Waals surface area (Å²) in [7, 11) is 1.91. The molecule has 0 bridgehead atoms. The molecular formula is C24H18F2N3O+. The molecule has 0 spiro atoms. The third-order valence-corrected chi connectivity index (χ3v) is 5.34. The fourth-order valence-electron chi connectivity index (χ4n) is 3.82. The number of nitrogens with zero attached hydrogens (tertiary/aromatic N) is 3. The molecule has 30 heavy (non-hydrogen) atoms. The van der Waals surface area contributed by atoms with Crippen molar-refractivity contribution in [3.05, 3.63) is 77.8 Å². The highest BCUT2D eigenvalue weighted by atomic mass is 19.1. The first-order chi connectivity index (χ1) is 14.4. The number of fused-ring (bicyclic) bond motifs is 3. The van der Waals surface area contributed by atoms with Crippen LogP contribution in [0.1, 0.15) is 11.1 Å². The smallest absolute Gasteiger partial charge is 0.230 e. The van der Waals surface area contributed by atoms with Gasteiger partial charge in [-0.15, -0.1) is 0 Å². The summed E-state index contributed by atoms with van der Waals surface area (Å²) in [6.07, 6.45) is 3.75. The second-order valence-corrected chi connectivity index (χ2v) is 7.48. The van der Waals surface area contributed by atoms with Gasteiger partial charge in [0, 0.05) is 23.9 Å². The zero-order valence-electron chi connectivity index (χ0n) is 16.7. The van der Waals surface area contributed by atoms with E-state index in [9.17, 15) is 8.78 Å². The lowest BCUT2D eigenvalue weighted by atomic mass is 9.98. The number of aromatic nitrogens is 3. The molecule has 4 nitrogen and oxygen atoms in total.